The number of halogens is 1. The van der Waals surface area contributed by atoms with E-state index in [0.29, 0.717) is 11.3 Å². The number of Topliss-reactive ketones (excluding diaryl/α,β-unsaturated/α-hetero) is 1. The van der Waals surface area contributed by atoms with Gasteiger partial charge in [0.15, 0.2) is 5.78 Å². The van der Waals surface area contributed by atoms with Crippen molar-refractivity contribution in [3.05, 3.63) is 63.9 Å². The summed E-state index contributed by atoms with van der Waals surface area (Å²) in [5.41, 5.74) is 5.93. The maximum Gasteiger partial charge on any atom is 0.170 e. The van der Waals surface area contributed by atoms with Gasteiger partial charge < -0.3 is 5.11 Å². The Morgan fingerprint density at radius 2 is 1.70 bits per heavy atom. The average molecular weight is 381 g/mol. The molecule has 2 nitrogen and oxygen atoms in total. The van der Waals surface area contributed by atoms with Crippen molar-refractivity contribution in [1.29, 1.82) is 0 Å². The van der Waals surface area contributed by atoms with E-state index < -0.39 is 0 Å². The predicted molar refractivity (Wildman–Crippen MR) is 111 cm³/mol. The van der Waals surface area contributed by atoms with Crippen molar-refractivity contribution in [3.63, 3.8) is 0 Å². The Balaban J connectivity index is 1.83. The molecule has 1 N–H and O–H groups in total. The number of allylic oxidation sites excluding steroid dienone is 2. The Bertz CT molecular complexity index is 924. The first-order chi connectivity index (χ1) is 13.0. The normalized spacial score (nSPS) is 22.3. The highest BCUT2D eigenvalue weighted by Crippen LogP contribution is 2.47. The lowest BCUT2D eigenvalue weighted by Crippen LogP contribution is -2.21. The van der Waals surface area contributed by atoms with Crippen LogP contribution in [0, 0.1) is 18.8 Å². The molecule has 0 saturated heterocycles. The molecule has 27 heavy (non-hydrogen) atoms. The van der Waals surface area contributed by atoms with Crippen molar-refractivity contribution in [2.45, 2.75) is 46.0 Å². The molecule has 0 bridgehead atoms. The molecule has 0 radical (unpaired) electrons. The Kier molecular flexibility index (Phi) is 4.86. The monoisotopic (exact) mass is 380 g/mol. The Morgan fingerprint density at radius 3 is 2.33 bits per heavy atom. The van der Waals surface area contributed by atoms with Gasteiger partial charge >= 0.3 is 0 Å². The molecule has 3 heteroatoms. The van der Waals surface area contributed by atoms with Crippen LogP contribution in [-0.4, -0.2) is 10.9 Å². The number of rotatable bonds is 3. The number of aryl methyl sites for hydroxylation is 2. The van der Waals surface area contributed by atoms with Gasteiger partial charge in [-0.25, -0.2) is 0 Å². The number of carbonyl (C=O) groups is 1. The highest BCUT2D eigenvalue weighted by Gasteiger charge is 2.44. The van der Waals surface area contributed by atoms with Gasteiger partial charge in [-0.15, -0.1) is 0 Å². The molecule has 0 amide bonds. The van der Waals surface area contributed by atoms with Crippen molar-refractivity contribution >= 4 is 23.0 Å². The minimum atomic E-state index is -0.0196. The summed E-state index contributed by atoms with van der Waals surface area (Å²) in [5, 5.41) is 11.6. The van der Waals surface area contributed by atoms with Crippen molar-refractivity contribution in [2.75, 3.05) is 0 Å². The van der Waals surface area contributed by atoms with E-state index in [9.17, 15) is 9.90 Å². The van der Waals surface area contributed by atoms with Gasteiger partial charge in [-0.1, -0.05) is 55.6 Å². The second kappa shape index (κ2) is 7.16. The molecule has 140 valence electrons. The molecule has 0 spiro atoms. The van der Waals surface area contributed by atoms with Crippen LogP contribution in [0.25, 0.3) is 16.7 Å². The number of ketones is 1. The third-order valence-electron chi connectivity index (χ3n) is 6.18. The quantitative estimate of drug-likeness (QED) is 0.656. The maximum absolute atomic E-state index is 13.1. The standard InChI is InChI=1S/C24H25ClO2/c1-3-15-13-17(16-8-10-18(25)11-9-16)12-14(2)21(15)22-23(26)19-6-4-5-7-20(19)24(22)27/h8-13,19-20,26H,3-7H2,1-2H3. The lowest BCUT2D eigenvalue weighted by atomic mass is 9.80. The minimum Gasteiger partial charge on any atom is -0.511 e. The van der Waals surface area contributed by atoms with Crippen LogP contribution in [0.2, 0.25) is 5.02 Å². The van der Waals surface area contributed by atoms with E-state index >= 15 is 0 Å². The van der Waals surface area contributed by atoms with E-state index in [2.05, 4.69) is 19.1 Å². The summed E-state index contributed by atoms with van der Waals surface area (Å²) in [6, 6.07) is 12.1. The third-order valence-corrected chi connectivity index (χ3v) is 6.43. The van der Waals surface area contributed by atoms with Gasteiger partial charge in [-0.05, 0) is 66.1 Å². The molecular formula is C24H25ClO2. The lowest BCUT2D eigenvalue weighted by Gasteiger charge is -2.23. The molecular weight excluding hydrogens is 356 g/mol. The molecule has 0 aliphatic heterocycles. The van der Waals surface area contributed by atoms with Crippen LogP contribution in [0.3, 0.4) is 0 Å². The highest BCUT2D eigenvalue weighted by molar-refractivity contribution is 6.30. The number of carbonyl (C=O) groups excluding carboxylic acids is 1. The molecule has 2 aliphatic carbocycles. The molecule has 4 rings (SSSR count). The summed E-state index contributed by atoms with van der Waals surface area (Å²) in [6.45, 7) is 4.15. The highest BCUT2D eigenvalue weighted by atomic mass is 35.5. The van der Waals surface area contributed by atoms with E-state index in [-0.39, 0.29) is 17.6 Å². The van der Waals surface area contributed by atoms with Crippen molar-refractivity contribution in [2.24, 2.45) is 11.8 Å². The SMILES string of the molecule is CCc1cc(-c2ccc(Cl)cc2)cc(C)c1C1=C(O)C2CCCCC2C1=O. The second-order valence-corrected chi connectivity index (χ2v) is 8.25. The van der Waals surface area contributed by atoms with Crippen LogP contribution in [0.5, 0.6) is 0 Å². The molecule has 2 atom stereocenters. The van der Waals surface area contributed by atoms with E-state index in [4.69, 9.17) is 11.6 Å². The third kappa shape index (κ3) is 3.10. The molecule has 2 aromatic rings. The van der Waals surface area contributed by atoms with Gasteiger partial charge in [0.1, 0.15) is 5.76 Å². The number of aliphatic hydroxyl groups excluding tert-OH is 1. The van der Waals surface area contributed by atoms with Crippen LogP contribution in [-0.2, 0) is 11.2 Å². The summed E-state index contributed by atoms with van der Waals surface area (Å²) >= 11 is 6.02. The largest absolute Gasteiger partial charge is 0.511 e. The van der Waals surface area contributed by atoms with Crippen molar-refractivity contribution in [3.8, 4) is 11.1 Å². The second-order valence-electron chi connectivity index (χ2n) is 7.81. The van der Waals surface area contributed by atoms with Crippen LogP contribution in [0.1, 0.15) is 49.3 Å². The lowest BCUT2D eigenvalue weighted by molar-refractivity contribution is -0.118. The first kappa shape index (κ1) is 18.3. The Morgan fingerprint density at radius 1 is 1.04 bits per heavy atom. The molecule has 2 aromatic carbocycles. The van der Waals surface area contributed by atoms with Crippen molar-refractivity contribution in [1.82, 2.24) is 0 Å². The predicted octanol–water partition coefficient (Wildman–Crippen LogP) is 6.54. The summed E-state index contributed by atoms with van der Waals surface area (Å²) in [5.74, 6) is 0.492. The van der Waals surface area contributed by atoms with Crippen LogP contribution < -0.4 is 0 Å². The zero-order chi connectivity index (χ0) is 19.1. The average Bonchev–Trinajstić information content (AvgIpc) is 2.93. The molecule has 2 unspecified atom stereocenters. The maximum atomic E-state index is 13.1. The fourth-order valence-corrected chi connectivity index (χ4v) is 4.95. The molecule has 1 fully saturated rings. The first-order valence-electron chi connectivity index (χ1n) is 9.88. The van der Waals surface area contributed by atoms with Crippen LogP contribution in [0.15, 0.2) is 42.2 Å². The summed E-state index contributed by atoms with van der Waals surface area (Å²) in [7, 11) is 0. The number of aliphatic hydroxyl groups is 1. The zero-order valence-electron chi connectivity index (χ0n) is 15.9. The number of hydrogen-bond acceptors (Lipinski definition) is 2. The van der Waals surface area contributed by atoms with E-state index in [1.165, 1.54) is 0 Å². The van der Waals surface area contributed by atoms with E-state index in [0.717, 1.165) is 64.9 Å². The fraction of sp³-hybridized carbons (Fsp3) is 0.375. The first-order valence-corrected chi connectivity index (χ1v) is 10.3. The summed E-state index contributed by atoms with van der Waals surface area (Å²) in [6.07, 6.45) is 4.83. The minimum absolute atomic E-state index is 0.0196. The van der Waals surface area contributed by atoms with Gasteiger partial charge in [-0.3, -0.25) is 4.79 Å². The summed E-state index contributed by atoms with van der Waals surface area (Å²) in [4.78, 5) is 13.1. The topological polar surface area (TPSA) is 37.3 Å². The van der Waals surface area contributed by atoms with Gasteiger partial charge in [-0.2, -0.15) is 0 Å². The number of hydrogen-bond donors (Lipinski definition) is 1. The smallest absolute Gasteiger partial charge is 0.170 e. The molecule has 0 aromatic heterocycles. The van der Waals surface area contributed by atoms with Crippen LogP contribution >= 0.6 is 11.6 Å². The van der Waals surface area contributed by atoms with Gasteiger partial charge in [0, 0.05) is 16.9 Å². The van der Waals surface area contributed by atoms with Gasteiger partial charge in [0.05, 0.1) is 5.57 Å². The van der Waals surface area contributed by atoms with Gasteiger partial charge in [0.2, 0.25) is 0 Å². The Labute approximate surface area is 165 Å². The Hall–Kier alpha value is -2.06. The van der Waals surface area contributed by atoms with E-state index in [1.54, 1.807) is 0 Å². The van der Waals surface area contributed by atoms with Crippen molar-refractivity contribution < 1.29 is 9.90 Å². The zero-order valence-corrected chi connectivity index (χ0v) is 16.6. The molecule has 2 aliphatic rings. The van der Waals surface area contributed by atoms with Gasteiger partial charge in [0.25, 0.3) is 0 Å². The summed E-state index contributed by atoms with van der Waals surface area (Å²) < 4.78 is 0. The number of benzene rings is 2. The molecule has 1 saturated carbocycles. The van der Waals surface area contributed by atoms with Crippen LogP contribution in [0.4, 0.5) is 0 Å². The van der Waals surface area contributed by atoms with E-state index in [1.807, 2.05) is 31.2 Å². The number of fused-ring (bicyclic) bond motifs is 1. The fourth-order valence-electron chi connectivity index (χ4n) is 4.83. The molecule has 0 heterocycles.